The van der Waals surface area contributed by atoms with Gasteiger partial charge >= 0.3 is 12.1 Å². The largest absolute Gasteiger partial charge is 0.467 e. The van der Waals surface area contributed by atoms with Gasteiger partial charge in [0.05, 0.1) is 7.11 Å². The third-order valence-electron chi connectivity index (χ3n) is 2.27. The van der Waals surface area contributed by atoms with Crippen LogP contribution in [-0.4, -0.2) is 42.3 Å². The van der Waals surface area contributed by atoms with Crippen LogP contribution in [0.15, 0.2) is 11.6 Å². The first-order valence-electron chi connectivity index (χ1n) is 5.49. The van der Waals surface area contributed by atoms with Crippen molar-refractivity contribution in [2.75, 3.05) is 13.7 Å². The van der Waals surface area contributed by atoms with Crippen molar-refractivity contribution < 1.29 is 19.1 Å². The van der Waals surface area contributed by atoms with Crippen LogP contribution in [0, 0.1) is 0 Å². The van der Waals surface area contributed by atoms with Crippen LogP contribution in [0.1, 0.15) is 27.7 Å². The summed E-state index contributed by atoms with van der Waals surface area (Å²) in [5, 5.41) is 0. The highest BCUT2D eigenvalue weighted by Gasteiger charge is 2.36. The van der Waals surface area contributed by atoms with E-state index in [4.69, 9.17) is 4.74 Å². The van der Waals surface area contributed by atoms with E-state index in [2.05, 4.69) is 4.74 Å². The van der Waals surface area contributed by atoms with Crippen LogP contribution < -0.4 is 0 Å². The Labute approximate surface area is 101 Å². The van der Waals surface area contributed by atoms with Crippen LogP contribution in [-0.2, 0) is 14.3 Å². The molecule has 1 atom stereocenters. The molecule has 1 aliphatic heterocycles. The number of nitrogens with zero attached hydrogens (tertiary/aromatic N) is 1. The van der Waals surface area contributed by atoms with Crippen LogP contribution in [0.2, 0.25) is 0 Å². The molecule has 0 radical (unpaired) electrons. The molecule has 0 aromatic carbocycles. The summed E-state index contributed by atoms with van der Waals surface area (Å²) in [5.41, 5.74) is 0.375. The zero-order valence-corrected chi connectivity index (χ0v) is 10.9. The molecular weight excluding hydrogens is 222 g/mol. The summed E-state index contributed by atoms with van der Waals surface area (Å²) in [6.07, 6.45) is 1.22. The van der Waals surface area contributed by atoms with E-state index in [9.17, 15) is 9.59 Å². The molecule has 0 spiro atoms. The van der Waals surface area contributed by atoms with Crippen molar-refractivity contribution in [1.82, 2.24) is 4.90 Å². The van der Waals surface area contributed by atoms with E-state index in [1.165, 1.54) is 12.0 Å². The molecular formula is C12H19NO4. The van der Waals surface area contributed by atoms with Gasteiger partial charge in [-0.25, -0.2) is 9.59 Å². The number of hydrogen-bond acceptors (Lipinski definition) is 4. The molecule has 0 saturated heterocycles. The van der Waals surface area contributed by atoms with Crippen molar-refractivity contribution in [3.05, 3.63) is 11.6 Å². The van der Waals surface area contributed by atoms with Crippen molar-refractivity contribution in [1.29, 1.82) is 0 Å². The van der Waals surface area contributed by atoms with Crippen LogP contribution in [0.5, 0.6) is 0 Å². The Kier molecular flexibility index (Phi) is 3.80. The second-order valence-electron chi connectivity index (χ2n) is 5.09. The van der Waals surface area contributed by atoms with Gasteiger partial charge in [-0.2, -0.15) is 0 Å². The Morgan fingerprint density at radius 3 is 2.47 bits per heavy atom. The summed E-state index contributed by atoms with van der Waals surface area (Å²) in [6, 6.07) is -0.671. The summed E-state index contributed by atoms with van der Waals surface area (Å²) in [5.74, 6) is -0.451. The van der Waals surface area contributed by atoms with Crippen LogP contribution in [0.25, 0.3) is 0 Å². The molecule has 5 nitrogen and oxygen atoms in total. The highest BCUT2D eigenvalue weighted by Crippen LogP contribution is 2.20. The van der Waals surface area contributed by atoms with E-state index >= 15 is 0 Å². The molecule has 17 heavy (non-hydrogen) atoms. The Morgan fingerprint density at radius 2 is 2.00 bits per heavy atom. The number of methoxy groups -OCH3 is 1. The zero-order chi connectivity index (χ0) is 13.2. The van der Waals surface area contributed by atoms with Crippen molar-refractivity contribution in [3.63, 3.8) is 0 Å². The topological polar surface area (TPSA) is 55.8 Å². The summed E-state index contributed by atoms with van der Waals surface area (Å²) >= 11 is 0. The van der Waals surface area contributed by atoms with E-state index in [-0.39, 0.29) is 0 Å². The van der Waals surface area contributed by atoms with Gasteiger partial charge in [0.15, 0.2) is 6.04 Å². The molecule has 0 fully saturated rings. The Balaban J connectivity index is 2.77. The molecule has 0 unspecified atom stereocenters. The number of rotatable bonds is 1. The Bertz CT molecular complexity index is 354. The molecule has 1 heterocycles. The fourth-order valence-electron chi connectivity index (χ4n) is 1.59. The second-order valence-corrected chi connectivity index (χ2v) is 5.09. The lowest BCUT2D eigenvalue weighted by molar-refractivity contribution is -0.144. The summed E-state index contributed by atoms with van der Waals surface area (Å²) in [7, 11) is 1.30. The molecule has 0 bridgehead atoms. The highest BCUT2D eigenvalue weighted by atomic mass is 16.6. The van der Waals surface area contributed by atoms with Gasteiger partial charge < -0.3 is 9.47 Å². The van der Waals surface area contributed by atoms with Gasteiger partial charge in [0.25, 0.3) is 0 Å². The minimum absolute atomic E-state index is 0.398. The smallest absolute Gasteiger partial charge is 0.411 e. The fourth-order valence-corrected chi connectivity index (χ4v) is 1.59. The quantitative estimate of drug-likeness (QED) is 0.518. The summed E-state index contributed by atoms with van der Waals surface area (Å²) < 4.78 is 9.90. The molecule has 0 aliphatic carbocycles. The predicted molar refractivity (Wildman–Crippen MR) is 62.5 cm³/mol. The van der Waals surface area contributed by atoms with Gasteiger partial charge in [0.1, 0.15) is 5.60 Å². The van der Waals surface area contributed by atoms with Crippen molar-refractivity contribution in [3.8, 4) is 0 Å². The average molecular weight is 241 g/mol. The van der Waals surface area contributed by atoms with Crippen LogP contribution in [0.4, 0.5) is 4.79 Å². The van der Waals surface area contributed by atoms with E-state index in [0.29, 0.717) is 6.54 Å². The monoisotopic (exact) mass is 241 g/mol. The van der Waals surface area contributed by atoms with Crippen molar-refractivity contribution >= 4 is 12.1 Å². The van der Waals surface area contributed by atoms with Crippen molar-refractivity contribution in [2.45, 2.75) is 39.3 Å². The standard InChI is InChI=1S/C12H19NO4/c1-8-6-9(10(14)16-5)13(7-8)11(15)17-12(2,3)4/h6,9H,7H2,1-5H3/t9-/m1/s1. The highest BCUT2D eigenvalue weighted by molar-refractivity contribution is 5.84. The van der Waals surface area contributed by atoms with Gasteiger partial charge in [-0.3, -0.25) is 4.90 Å². The van der Waals surface area contributed by atoms with E-state index < -0.39 is 23.7 Å². The minimum atomic E-state index is -0.671. The number of carbonyl (C=O) groups excluding carboxylic acids is 2. The maximum atomic E-state index is 11.9. The van der Waals surface area contributed by atoms with E-state index in [1.54, 1.807) is 26.8 Å². The lowest BCUT2D eigenvalue weighted by Gasteiger charge is -2.27. The third-order valence-corrected chi connectivity index (χ3v) is 2.27. The number of esters is 1. The Hall–Kier alpha value is -1.52. The number of hydrogen-bond donors (Lipinski definition) is 0. The fraction of sp³-hybridized carbons (Fsp3) is 0.667. The van der Waals surface area contributed by atoms with Gasteiger partial charge in [-0.1, -0.05) is 11.6 Å². The first-order valence-corrected chi connectivity index (χ1v) is 5.49. The van der Waals surface area contributed by atoms with Crippen LogP contribution in [0.3, 0.4) is 0 Å². The van der Waals surface area contributed by atoms with E-state index in [1.807, 2.05) is 6.92 Å². The molecule has 5 heteroatoms. The minimum Gasteiger partial charge on any atom is -0.467 e. The number of amides is 1. The van der Waals surface area contributed by atoms with Crippen molar-refractivity contribution in [2.24, 2.45) is 0 Å². The predicted octanol–water partition coefficient (Wildman–Crippen LogP) is 1.72. The second kappa shape index (κ2) is 4.77. The van der Waals surface area contributed by atoms with Gasteiger partial charge in [-0.05, 0) is 27.7 Å². The molecule has 96 valence electrons. The first kappa shape index (κ1) is 13.5. The number of ether oxygens (including phenoxy) is 2. The lowest BCUT2D eigenvalue weighted by atomic mass is 10.2. The maximum absolute atomic E-state index is 11.9. The molecule has 1 aliphatic rings. The number of carbonyl (C=O) groups is 2. The molecule has 0 N–H and O–H groups in total. The summed E-state index contributed by atoms with van der Waals surface area (Å²) in [6.45, 7) is 7.62. The van der Waals surface area contributed by atoms with Gasteiger partial charge in [-0.15, -0.1) is 0 Å². The normalized spacial score (nSPS) is 19.9. The summed E-state index contributed by atoms with van der Waals surface area (Å²) in [4.78, 5) is 24.8. The first-order chi connectivity index (χ1) is 7.74. The average Bonchev–Trinajstić information content (AvgIpc) is 2.56. The lowest BCUT2D eigenvalue weighted by Crippen LogP contribution is -2.44. The molecule has 1 amide bonds. The van der Waals surface area contributed by atoms with Gasteiger partial charge in [0, 0.05) is 6.54 Å². The molecule has 0 saturated carbocycles. The molecule has 0 aromatic heterocycles. The zero-order valence-electron chi connectivity index (χ0n) is 10.9. The van der Waals surface area contributed by atoms with E-state index in [0.717, 1.165) is 5.57 Å². The Morgan fingerprint density at radius 1 is 1.41 bits per heavy atom. The molecule has 1 rings (SSSR count). The SMILES string of the molecule is COC(=O)[C@H]1C=C(C)CN1C(=O)OC(C)(C)C. The van der Waals surface area contributed by atoms with Gasteiger partial charge in [0.2, 0.25) is 0 Å². The third kappa shape index (κ3) is 3.47. The molecule has 0 aromatic rings. The van der Waals surface area contributed by atoms with Crippen LogP contribution >= 0.6 is 0 Å². The maximum Gasteiger partial charge on any atom is 0.411 e.